The highest BCUT2D eigenvalue weighted by molar-refractivity contribution is 7.99. The minimum atomic E-state index is -0.239. The maximum atomic E-state index is 12.3. The molecule has 0 bridgehead atoms. The molecule has 0 saturated carbocycles. The first-order valence-corrected chi connectivity index (χ1v) is 10.7. The Morgan fingerprint density at radius 2 is 1.79 bits per heavy atom. The van der Waals surface area contributed by atoms with Crippen molar-refractivity contribution in [2.45, 2.75) is 18.1 Å². The third-order valence-electron chi connectivity index (χ3n) is 3.94. The molecule has 1 N–H and O–H groups in total. The highest BCUT2D eigenvalue weighted by Crippen LogP contribution is 2.30. The molecule has 0 aliphatic rings. The molecule has 0 unspecified atom stereocenters. The molecule has 3 rings (SSSR count). The molecule has 0 aliphatic carbocycles. The number of thioether (sulfide) groups is 1. The van der Waals surface area contributed by atoms with Crippen LogP contribution in [0.5, 0.6) is 0 Å². The predicted molar refractivity (Wildman–Crippen MR) is 120 cm³/mol. The predicted octanol–water partition coefficient (Wildman–Crippen LogP) is 5.75. The van der Waals surface area contributed by atoms with E-state index in [0.29, 0.717) is 38.9 Å². The normalized spacial score (nSPS) is 10.7. The van der Waals surface area contributed by atoms with Crippen molar-refractivity contribution < 1.29 is 4.79 Å². The molecular weight excluding hydrogens is 451 g/mol. The molecule has 5 nitrogen and oxygen atoms in total. The summed E-state index contributed by atoms with van der Waals surface area (Å²) in [6, 6.07) is 12.6. The fraction of sp³-hybridized carbons (Fsp3) is 0.150. The number of nitrogens with one attached hydrogen (secondary N) is 1. The lowest BCUT2D eigenvalue weighted by Gasteiger charge is -2.10. The summed E-state index contributed by atoms with van der Waals surface area (Å²) in [6.07, 6.45) is 2.36. The second-order valence-corrected chi connectivity index (χ2v) is 8.23. The first-order valence-electron chi connectivity index (χ1n) is 8.62. The molecule has 9 heteroatoms. The zero-order valence-electron chi connectivity index (χ0n) is 15.2. The molecule has 0 fully saturated rings. The maximum absolute atomic E-state index is 12.3. The molecule has 2 aromatic carbocycles. The summed E-state index contributed by atoms with van der Waals surface area (Å²) in [6.45, 7) is 4.33. The average molecular weight is 468 g/mol. The summed E-state index contributed by atoms with van der Waals surface area (Å²) in [5.41, 5.74) is 1.46. The molecule has 1 heterocycles. The van der Waals surface area contributed by atoms with Gasteiger partial charge in [-0.2, -0.15) is 0 Å². The van der Waals surface area contributed by atoms with Gasteiger partial charge in [-0.15, -0.1) is 16.8 Å². The van der Waals surface area contributed by atoms with Crippen LogP contribution in [0.4, 0.5) is 5.69 Å². The summed E-state index contributed by atoms with van der Waals surface area (Å²) >= 11 is 19.4. The van der Waals surface area contributed by atoms with E-state index in [-0.39, 0.29) is 11.7 Å². The van der Waals surface area contributed by atoms with E-state index in [2.05, 4.69) is 22.1 Å². The fourth-order valence-corrected chi connectivity index (χ4v) is 3.96. The van der Waals surface area contributed by atoms with E-state index in [0.717, 1.165) is 11.4 Å². The number of aromatic nitrogens is 3. The van der Waals surface area contributed by atoms with Crippen LogP contribution in [-0.4, -0.2) is 26.4 Å². The molecule has 0 saturated heterocycles. The average Bonchev–Trinajstić information content (AvgIpc) is 3.07. The van der Waals surface area contributed by atoms with E-state index in [1.807, 2.05) is 28.8 Å². The van der Waals surface area contributed by atoms with Crippen molar-refractivity contribution in [2.75, 3.05) is 11.1 Å². The number of allylic oxidation sites excluding steroid dienone is 1. The summed E-state index contributed by atoms with van der Waals surface area (Å²) in [4.78, 5) is 12.3. The van der Waals surface area contributed by atoms with Gasteiger partial charge < -0.3 is 9.88 Å². The Balaban J connectivity index is 1.68. The molecular formula is C20H17Cl3N4OS. The van der Waals surface area contributed by atoms with Gasteiger partial charge in [-0.25, -0.2) is 0 Å². The van der Waals surface area contributed by atoms with Gasteiger partial charge in [-0.1, -0.05) is 70.8 Å². The van der Waals surface area contributed by atoms with Gasteiger partial charge in [0, 0.05) is 18.0 Å². The van der Waals surface area contributed by atoms with Crippen LogP contribution in [0.1, 0.15) is 11.4 Å². The smallest absolute Gasteiger partial charge is 0.234 e. The van der Waals surface area contributed by atoms with Crippen LogP contribution in [0.25, 0.3) is 0 Å². The molecule has 150 valence electrons. The van der Waals surface area contributed by atoms with Gasteiger partial charge in [0.25, 0.3) is 0 Å². The lowest BCUT2D eigenvalue weighted by molar-refractivity contribution is -0.113. The number of carbonyl (C=O) groups excluding carboxylic acids is 1. The fourth-order valence-electron chi connectivity index (χ4n) is 2.58. The Morgan fingerprint density at radius 3 is 2.45 bits per heavy atom. The standard InChI is InChI=1S/C20H17Cl3N4OS/c1-2-10-27-17(11-13-6-8-14(21)9-7-13)25-26-20(27)29-12-18(28)24-19-15(22)4-3-5-16(19)23/h2-9H,1,10-12H2,(H,24,28). The third-order valence-corrected chi connectivity index (χ3v) is 5.79. The van der Waals surface area contributed by atoms with Crippen molar-refractivity contribution in [3.63, 3.8) is 0 Å². The zero-order chi connectivity index (χ0) is 20.8. The van der Waals surface area contributed by atoms with Crippen molar-refractivity contribution >= 4 is 58.2 Å². The van der Waals surface area contributed by atoms with Crippen LogP contribution in [0, 0.1) is 0 Å². The van der Waals surface area contributed by atoms with Gasteiger partial charge in [-0.05, 0) is 29.8 Å². The Bertz CT molecular complexity index is 1000. The highest BCUT2D eigenvalue weighted by atomic mass is 35.5. The number of nitrogens with zero attached hydrogens (tertiary/aromatic N) is 3. The Hall–Kier alpha value is -1.99. The molecule has 0 aliphatic heterocycles. The van der Waals surface area contributed by atoms with Crippen LogP contribution in [0.15, 0.2) is 60.3 Å². The topological polar surface area (TPSA) is 59.8 Å². The van der Waals surface area contributed by atoms with Crippen molar-refractivity contribution in [1.82, 2.24) is 14.8 Å². The van der Waals surface area contributed by atoms with Gasteiger partial charge >= 0.3 is 0 Å². The number of hydrogen-bond donors (Lipinski definition) is 1. The molecule has 0 radical (unpaired) electrons. The van der Waals surface area contributed by atoms with Gasteiger partial charge in [0.1, 0.15) is 5.82 Å². The number of hydrogen-bond acceptors (Lipinski definition) is 4. The molecule has 1 aromatic heterocycles. The quantitative estimate of drug-likeness (QED) is 0.339. The van der Waals surface area contributed by atoms with Crippen LogP contribution < -0.4 is 5.32 Å². The van der Waals surface area contributed by atoms with Crippen LogP contribution in [0.2, 0.25) is 15.1 Å². The Morgan fingerprint density at radius 1 is 1.10 bits per heavy atom. The van der Waals surface area contributed by atoms with Gasteiger partial charge in [0.05, 0.1) is 21.5 Å². The maximum Gasteiger partial charge on any atom is 0.234 e. The van der Waals surface area contributed by atoms with Crippen LogP contribution >= 0.6 is 46.6 Å². The zero-order valence-corrected chi connectivity index (χ0v) is 18.3. The molecule has 29 heavy (non-hydrogen) atoms. The first-order chi connectivity index (χ1) is 14.0. The van der Waals surface area contributed by atoms with Gasteiger partial charge in [0.15, 0.2) is 5.16 Å². The van der Waals surface area contributed by atoms with Crippen molar-refractivity contribution in [3.05, 3.63) is 81.6 Å². The van der Waals surface area contributed by atoms with Crippen molar-refractivity contribution in [3.8, 4) is 0 Å². The van der Waals surface area contributed by atoms with E-state index in [1.165, 1.54) is 11.8 Å². The second-order valence-electron chi connectivity index (χ2n) is 6.03. The largest absolute Gasteiger partial charge is 0.323 e. The van der Waals surface area contributed by atoms with Crippen LogP contribution in [-0.2, 0) is 17.8 Å². The summed E-state index contributed by atoms with van der Waals surface area (Å²) < 4.78 is 1.93. The molecule has 3 aromatic rings. The van der Waals surface area contributed by atoms with E-state index < -0.39 is 0 Å². The second kappa shape index (κ2) is 10.2. The number of halogens is 3. The van der Waals surface area contributed by atoms with E-state index in [1.54, 1.807) is 24.3 Å². The summed E-state index contributed by atoms with van der Waals surface area (Å²) in [7, 11) is 0. The minimum absolute atomic E-state index is 0.137. The summed E-state index contributed by atoms with van der Waals surface area (Å²) in [5.74, 6) is 0.680. The SMILES string of the molecule is C=CCn1c(Cc2ccc(Cl)cc2)nnc1SCC(=O)Nc1c(Cl)cccc1Cl. The third kappa shape index (κ3) is 5.76. The van der Waals surface area contributed by atoms with Crippen molar-refractivity contribution in [2.24, 2.45) is 0 Å². The van der Waals surface area contributed by atoms with E-state index in [9.17, 15) is 4.79 Å². The number of para-hydroxylation sites is 1. The van der Waals surface area contributed by atoms with Crippen molar-refractivity contribution in [1.29, 1.82) is 0 Å². The lowest BCUT2D eigenvalue weighted by atomic mass is 10.1. The highest BCUT2D eigenvalue weighted by Gasteiger charge is 2.15. The Labute approximate surface area is 188 Å². The molecule has 1 amide bonds. The molecule has 0 spiro atoms. The van der Waals surface area contributed by atoms with Crippen LogP contribution in [0.3, 0.4) is 0 Å². The number of benzene rings is 2. The number of rotatable bonds is 8. The van der Waals surface area contributed by atoms with E-state index >= 15 is 0 Å². The number of amides is 1. The van der Waals surface area contributed by atoms with E-state index in [4.69, 9.17) is 34.8 Å². The number of carbonyl (C=O) groups is 1. The van der Waals surface area contributed by atoms with Gasteiger partial charge in [0.2, 0.25) is 5.91 Å². The monoisotopic (exact) mass is 466 g/mol. The first kappa shape index (κ1) is 21.7. The lowest BCUT2D eigenvalue weighted by Crippen LogP contribution is -2.15. The minimum Gasteiger partial charge on any atom is -0.323 e. The Kier molecular flexibility index (Phi) is 7.61. The summed E-state index contributed by atoms with van der Waals surface area (Å²) in [5, 5.41) is 13.3. The number of anilines is 1. The molecule has 0 atom stereocenters. The van der Waals surface area contributed by atoms with Gasteiger partial charge in [-0.3, -0.25) is 4.79 Å².